The number of rotatable bonds is 9. The van der Waals surface area contributed by atoms with E-state index in [0.29, 0.717) is 0 Å². The van der Waals surface area contributed by atoms with Crippen molar-refractivity contribution < 1.29 is 4.79 Å². The molecule has 110 valence electrons. The first-order chi connectivity index (χ1) is 9.24. The van der Waals surface area contributed by atoms with E-state index in [4.69, 9.17) is 5.73 Å². The largest absolute Gasteiger partial charge is 0.348 e. The summed E-state index contributed by atoms with van der Waals surface area (Å²) in [4.78, 5) is 11.7. The molecule has 0 spiro atoms. The third kappa shape index (κ3) is 7.36. The minimum Gasteiger partial charge on any atom is -0.348 e. The Kier molecular flexibility index (Phi) is 8.55. The average Bonchev–Trinajstić information content (AvgIpc) is 2.78. The van der Waals surface area contributed by atoms with Crippen LogP contribution in [0.25, 0.3) is 0 Å². The molecule has 19 heavy (non-hydrogen) atoms. The number of nitrogens with two attached hydrogens (primary N) is 1. The van der Waals surface area contributed by atoms with Gasteiger partial charge in [0.25, 0.3) is 0 Å². The fourth-order valence-corrected chi connectivity index (χ4v) is 2.63. The molecule has 1 rings (SSSR count). The van der Waals surface area contributed by atoms with Crippen molar-refractivity contribution in [2.45, 2.75) is 83.2 Å². The van der Waals surface area contributed by atoms with Crippen LogP contribution in [0.2, 0.25) is 0 Å². The Bertz CT molecular complexity index is 276. The topological polar surface area (TPSA) is 55.1 Å². The van der Waals surface area contributed by atoms with Gasteiger partial charge in [-0.05, 0) is 38.2 Å². The maximum atomic E-state index is 11.7. The lowest BCUT2D eigenvalue weighted by Crippen LogP contribution is -2.43. The normalized spacial score (nSPS) is 23.1. The number of nitrogens with one attached hydrogen (secondary N) is 1. The van der Waals surface area contributed by atoms with Crippen LogP contribution in [0.3, 0.4) is 0 Å². The van der Waals surface area contributed by atoms with E-state index in [1.54, 1.807) is 6.08 Å². The first-order valence-electron chi connectivity index (χ1n) is 7.96. The molecule has 3 heteroatoms. The molecule has 1 aliphatic rings. The minimum absolute atomic E-state index is 0.0216. The zero-order valence-electron chi connectivity index (χ0n) is 12.4. The number of amides is 1. The van der Waals surface area contributed by atoms with E-state index in [9.17, 15) is 4.79 Å². The molecule has 1 fully saturated rings. The van der Waals surface area contributed by atoms with Crippen molar-refractivity contribution in [1.29, 1.82) is 0 Å². The van der Waals surface area contributed by atoms with E-state index in [1.165, 1.54) is 38.5 Å². The molecule has 0 saturated heterocycles. The number of carbonyl (C=O) groups is 1. The van der Waals surface area contributed by atoms with Crippen LogP contribution in [0.5, 0.6) is 0 Å². The van der Waals surface area contributed by atoms with Gasteiger partial charge in [0.2, 0.25) is 5.91 Å². The summed E-state index contributed by atoms with van der Waals surface area (Å²) < 4.78 is 0. The molecule has 0 aromatic carbocycles. The quantitative estimate of drug-likeness (QED) is 0.497. The number of carbonyl (C=O) groups excluding carboxylic acids is 1. The third-order valence-electron chi connectivity index (χ3n) is 3.89. The summed E-state index contributed by atoms with van der Waals surface area (Å²) in [7, 11) is 0. The fraction of sp³-hybridized carbons (Fsp3) is 0.812. The van der Waals surface area contributed by atoms with E-state index in [-0.39, 0.29) is 18.0 Å². The predicted molar refractivity (Wildman–Crippen MR) is 80.9 cm³/mol. The maximum absolute atomic E-state index is 11.7. The van der Waals surface area contributed by atoms with Crippen LogP contribution < -0.4 is 11.1 Å². The van der Waals surface area contributed by atoms with Gasteiger partial charge in [-0.15, -0.1) is 0 Å². The van der Waals surface area contributed by atoms with Gasteiger partial charge in [0.1, 0.15) is 0 Å². The van der Waals surface area contributed by atoms with Crippen LogP contribution in [0.4, 0.5) is 0 Å². The van der Waals surface area contributed by atoms with E-state index in [1.807, 2.05) is 6.08 Å². The molecule has 1 amide bonds. The standard InChI is InChI=1S/C16H30N2O/c1-2-3-4-5-6-7-8-9-13-16(19)18-15-12-10-11-14(15)17/h9,13-15H,2-8,10-12,17H2,1H3,(H,18,19)/b13-9+/t14-,15+/m0/s1. The van der Waals surface area contributed by atoms with Crippen molar-refractivity contribution in [2.75, 3.05) is 0 Å². The van der Waals surface area contributed by atoms with E-state index < -0.39 is 0 Å². The summed E-state index contributed by atoms with van der Waals surface area (Å²) >= 11 is 0. The maximum Gasteiger partial charge on any atom is 0.243 e. The Morgan fingerprint density at radius 1 is 1.21 bits per heavy atom. The van der Waals surface area contributed by atoms with Crippen LogP contribution in [0.1, 0.15) is 71.1 Å². The molecule has 0 bridgehead atoms. The van der Waals surface area contributed by atoms with Gasteiger partial charge in [0, 0.05) is 12.1 Å². The summed E-state index contributed by atoms with van der Waals surface area (Å²) in [6.45, 7) is 2.23. The van der Waals surface area contributed by atoms with Crippen LogP contribution in [-0.4, -0.2) is 18.0 Å². The average molecular weight is 266 g/mol. The monoisotopic (exact) mass is 266 g/mol. The molecule has 0 unspecified atom stereocenters. The molecular weight excluding hydrogens is 236 g/mol. The van der Waals surface area contributed by atoms with Crippen LogP contribution in [0, 0.1) is 0 Å². The highest BCUT2D eigenvalue weighted by molar-refractivity contribution is 5.87. The predicted octanol–water partition coefficient (Wildman–Crippen LogP) is 3.29. The Balaban J connectivity index is 2.00. The molecular formula is C16H30N2O. The Hall–Kier alpha value is -0.830. The highest BCUT2D eigenvalue weighted by atomic mass is 16.1. The fourth-order valence-electron chi connectivity index (χ4n) is 2.63. The molecule has 1 aliphatic carbocycles. The van der Waals surface area contributed by atoms with Crippen molar-refractivity contribution in [2.24, 2.45) is 5.73 Å². The van der Waals surface area contributed by atoms with Crippen molar-refractivity contribution in [1.82, 2.24) is 5.32 Å². The minimum atomic E-state index is 0.0216. The molecule has 0 heterocycles. The smallest absolute Gasteiger partial charge is 0.243 e. The zero-order chi connectivity index (χ0) is 13.9. The molecule has 0 radical (unpaired) electrons. The first-order valence-corrected chi connectivity index (χ1v) is 7.96. The molecule has 0 aromatic heterocycles. The summed E-state index contributed by atoms with van der Waals surface area (Å²) in [5.41, 5.74) is 5.92. The second-order valence-corrected chi connectivity index (χ2v) is 5.67. The molecule has 3 N–H and O–H groups in total. The van der Waals surface area contributed by atoms with Gasteiger partial charge in [-0.25, -0.2) is 0 Å². The van der Waals surface area contributed by atoms with E-state index >= 15 is 0 Å². The van der Waals surface area contributed by atoms with Crippen LogP contribution in [0.15, 0.2) is 12.2 Å². The summed E-state index contributed by atoms with van der Waals surface area (Å²) in [6, 6.07) is 0.335. The van der Waals surface area contributed by atoms with Crippen molar-refractivity contribution in [3.05, 3.63) is 12.2 Å². The van der Waals surface area contributed by atoms with E-state index in [0.717, 1.165) is 25.7 Å². The lowest BCUT2D eigenvalue weighted by molar-refractivity contribution is -0.117. The lowest BCUT2D eigenvalue weighted by Gasteiger charge is -2.15. The zero-order valence-corrected chi connectivity index (χ0v) is 12.4. The Morgan fingerprint density at radius 2 is 1.95 bits per heavy atom. The highest BCUT2D eigenvalue weighted by Gasteiger charge is 2.24. The van der Waals surface area contributed by atoms with Crippen LogP contribution in [-0.2, 0) is 4.79 Å². The van der Waals surface area contributed by atoms with Gasteiger partial charge >= 0.3 is 0 Å². The number of hydrogen-bond acceptors (Lipinski definition) is 2. The van der Waals surface area contributed by atoms with Gasteiger partial charge in [-0.1, -0.05) is 45.1 Å². The summed E-state index contributed by atoms with van der Waals surface area (Å²) in [6.07, 6.45) is 15.7. The lowest BCUT2D eigenvalue weighted by atomic mass is 10.1. The second-order valence-electron chi connectivity index (χ2n) is 5.67. The van der Waals surface area contributed by atoms with Gasteiger partial charge in [-0.2, -0.15) is 0 Å². The summed E-state index contributed by atoms with van der Waals surface area (Å²) in [5, 5.41) is 3.00. The third-order valence-corrected chi connectivity index (χ3v) is 3.89. The molecule has 2 atom stereocenters. The van der Waals surface area contributed by atoms with Gasteiger partial charge in [0.15, 0.2) is 0 Å². The van der Waals surface area contributed by atoms with E-state index in [2.05, 4.69) is 12.2 Å². The Labute approximate surface area is 118 Å². The number of allylic oxidation sites excluding steroid dienone is 1. The van der Waals surface area contributed by atoms with Crippen molar-refractivity contribution >= 4 is 5.91 Å². The van der Waals surface area contributed by atoms with Crippen LogP contribution >= 0.6 is 0 Å². The second kappa shape index (κ2) is 10.0. The van der Waals surface area contributed by atoms with Crippen molar-refractivity contribution in [3.8, 4) is 0 Å². The molecule has 0 aromatic rings. The highest BCUT2D eigenvalue weighted by Crippen LogP contribution is 2.16. The van der Waals surface area contributed by atoms with Gasteiger partial charge in [-0.3, -0.25) is 4.79 Å². The van der Waals surface area contributed by atoms with Gasteiger partial charge in [0.05, 0.1) is 0 Å². The molecule has 0 aliphatic heterocycles. The molecule has 3 nitrogen and oxygen atoms in total. The summed E-state index contributed by atoms with van der Waals surface area (Å²) in [5.74, 6) is 0.0216. The first kappa shape index (κ1) is 16.2. The SMILES string of the molecule is CCCCCCCC/C=C/C(=O)N[C@@H]1CCC[C@@H]1N. The van der Waals surface area contributed by atoms with Crippen molar-refractivity contribution in [3.63, 3.8) is 0 Å². The Morgan fingerprint density at radius 3 is 2.63 bits per heavy atom. The number of unbranched alkanes of at least 4 members (excludes halogenated alkanes) is 6. The van der Waals surface area contributed by atoms with Gasteiger partial charge < -0.3 is 11.1 Å². The number of hydrogen-bond donors (Lipinski definition) is 2. The molecule has 1 saturated carbocycles.